The maximum absolute atomic E-state index is 13.9. The number of aromatic nitrogens is 1. The summed E-state index contributed by atoms with van der Waals surface area (Å²) in [6.45, 7) is 5.59. The van der Waals surface area contributed by atoms with Gasteiger partial charge in [-0.05, 0) is 56.8 Å². The summed E-state index contributed by atoms with van der Waals surface area (Å²) in [4.78, 5) is 36.7. The Hall–Kier alpha value is -3.32. The van der Waals surface area contributed by atoms with Crippen LogP contribution < -0.4 is 4.74 Å². The number of carbonyl (C=O) groups excluding carboxylic acids is 2. The largest absolute Gasteiger partial charge is 0.494 e. The van der Waals surface area contributed by atoms with Crippen molar-refractivity contribution in [1.82, 2.24) is 19.7 Å². The molecule has 0 aliphatic carbocycles. The lowest BCUT2D eigenvalue weighted by molar-refractivity contribution is -0.134. The van der Waals surface area contributed by atoms with E-state index >= 15 is 0 Å². The quantitative estimate of drug-likeness (QED) is 0.537. The molecule has 7 nitrogen and oxygen atoms in total. The van der Waals surface area contributed by atoms with Crippen LogP contribution in [0.1, 0.15) is 43.1 Å². The van der Waals surface area contributed by atoms with Crippen LogP contribution >= 0.6 is 0 Å². The number of amides is 3. The van der Waals surface area contributed by atoms with Crippen molar-refractivity contribution in [2.45, 2.75) is 38.3 Å². The molecule has 3 aromatic rings. The molecule has 34 heavy (non-hydrogen) atoms. The second kappa shape index (κ2) is 8.47. The number of ether oxygens (including phenoxy) is 1. The van der Waals surface area contributed by atoms with Gasteiger partial charge >= 0.3 is 6.03 Å². The summed E-state index contributed by atoms with van der Waals surface area (Å²) < 4.78 is 5.78. The monoisotopic (exact) mass is 460 g/mol. The lowest BCUT2D eigenvalue weighted by atomic mass is 9.78. The van der Waals surface area contributed by atoms with Crippen molar-refractivity contribution in [2.24, 2.45) is 0 Å². The standard InChI is InChI=1S/C27H32N4O3/c1-5-27-17-21-20-16-19(34-6-2)12-13-22(20)28-23(21)24(18-10-8-7-9-11-18)31(27)26(33)30(25(27)32)15-14-29(3)4/h7-13,16,24,28H,5-6,14-15,17H2,1-4H3. The SMILES string of the molecule is CCOc1ccc2[nH]c3c(c2c1)CC1(CC)C(=O)N(CCN(C)C)C(=O)N1C3c1ccccc1. The van der Waals surface area contributed by atoms with Gasteiger partial charge in [0, 0.05) is 36.1 Å². The molecule has 2 aromatic carbocycles. The fraction of sp³-hybridized carbons (Fsp3) is 0.407. The second-order valence-electron chi connectivity index (χ2n) is 9.45. The summed E-state index contributed by atoms with van der Waals surface area (Å²) in [6.07, 6.45) is 1.04. The van der Waals surface area contributed by atoms with Gasteiger partial charge in [-0.3, -0.25) is 14.6 Å². The van der Waals surface area contributed by atoms with Crippen LogP contribution in [0.5, 0.6) is 5.75 Å². The topological polar surface area (TPSA) is 68.9 Å². The molecule has 2 aliphatic rings. The minimum absolute atomic E-state index is 0.0938. The second-order valence-corrected chi connectivity index (χ2v) is 9.45. The van der Waals surface area contributed by atoms with Crippen molar-refractivity contribution in [2.75, 3.05) is 33.8 Å². The molecule has 0 bridgehead atoms. The molecule has 7 heteroatoms. The molecule has 1 fully saturated rings. The Bertz CT molecular complexity index is 1240. The molecule has 3 heterocycles. The fourth-order valence-corrected chi connectivity index (χ4v) is 5.52. The molecular formula is C27H32N4O3. The van der Waals surface area contributed by atoms with Crippen LogP contribution in [-0.2, 0) is 11.2 Å². The average molecular weight is 461 g/mol. The van der Waals surface area contributed by atoms with Gasteiger partial charge in [0.2, 0.25) is 0 Å². The van der Waals surface area contributed by atoms with E-state index in [0.29, 0.717) is 32.5 Å². The molecule has 0 saturated carbocycles. The molecule has 2 atom stereocenters. The van der Waals surface area contributed by atoms with Gasteiger partial charge in [-0.25, -0.2) is 4.79 Å². The van der Waals surface area contributed by atoms with E-state index in [0.717, 1.165) is 33.5 Å². The average Bonchev–Trinajstić information content (AvgIpc) is 3.29. The van der Waals surface area contributed by atoms with Gasteiger partial charge in [-0.1, -0.05) is 37.3 Å². The zero-order valence-corrected chi connectivity index (χ0v) is 20.3. The maximum atomic E-state index is 13.9. The van der Waals surface area contributed by atoms with Crippen LogP contribution in [0.2, 0.25) is 0 Å². The predicted molar refractivity (Wildman–Crippen MR) is 132 cm³/mol. The van der Waals surface area contributed by atoms with Gasteiger partial charge in [0.15, 0.2) is 0 Å². The van der Waals surface area contributed by atoms with Crippen molar-refractivity contribution < 1.29 is 14.3 Å². The molecule has 178 valence electrons. The van der Waals surface area contributed by atoms with E-state index in [-0.39, 0.29) is 18.0 Å². The highest BCUT2D eigenvalue weighted by Crippen LogP contribution is 2.50. The van der Waals surface area contributed by atoms with Crippen LogP contribution in [0.4, 0.5) is 4.79 Å². The number of urea groups is 1. The van der Waals surface area contributed by atoms with Crippen molar-refractivity contribution in [3.63, 3.8) is 0 Å². The van der Waals surface area contributed by atoms with E-state index in [1.165, 1.54) is 4.90 Å². The number of hydrogen-bond acceptors (Lipinski definition) is 4. The summed E-state index contributed by atoms with van der Waals surface area (Å²) in [6, 6.07) is 15.5. The molecule has 2 aliphatic heterocycles. The number of aromatic amines is 1. The highest BCUT2D eigenvalue weighted by molar-refractivity contribution is 6.08. The number of nitrogens with zero attached hydrogens (tertiary/aromatic N) is 3. The normalized spacial score (nSPS) is 22.0. The Balaban J connectivity index is 1.71. The van der Waals surface area contributed by atoms with E-state index in [9.17, 15) is 9.59 Å². The Labute approximate surface area is 200 Å². The molecule has 0 radical (unpaired) electrons. The van der Waals surface area contributed by atoms with E-state index < -0.39 is 5.54 Å². The van der Waals surface area contributed by atoms with Crippen molar-refractivity contribution in [1.29, 1.82) is 0 Å². The molecular weight excluding hydrogens is 428 g/mol. The molecule has 1 saturated heterocycles. The van der Waals surface area contributed by atoms with Gasteiger partial charge in [0.05, 0.1) is 6.61 Å². The first-order valence-corrected chi connectivity index (χ1v) is 12.0. The van der Waals surface area contributed by atoms with Crippen molar-refractivity contribution >= 4 is 22.8 Å². The predicted octanol–water partition coefficient (Wildman–Crippen LogP) is 4.19. The third-order valence-electron chi connectivity index (χ3n) is 7.23. The van der Waals surface area contributed by atoms with Crippen molar-refractivity contribution in [3.8, 4) is 5.75 Å². The van der Waals surface area contributed by atoms with Crippen molar-refractivity contribution in [3.05, 3.63) is 65.4 Å². The summed E-state index contributed by atoms with van der Waals surface area (Å²) in [5, 5.41) is 1.06. The van der Waals surface area contributed by atoms with Gasteiger partial charge < -0.3 is 14.6 Å². The molecule has 2 unspecified atom stereocenters. The highest BCUT2D eigenvalue weighted by atomic mass is 16.5. The molecule has 1 aromatic heterocycles. The first-order chi connectivity index (χ1) is 16.4. The van der Waals surface area contributed by atoms with Crippen LogP contribution in [-0.4, -0.2) is 71.0 Å². The van der Waals surface area contributed by atoms with E-state index in [1.54, 1.807) is 0 Å². The highest BCUT2D eigenvalue weighted by Gasteiger charge is 2.61. The number of rotatable bonds is 7. The maximum Gasteiger partial charge on any atom is 0.328 e. The minimum atomic E-state index is -0.909. The number of imide groups is 1. The summed E-state index contributed by atoms with van der Waals surface area (Å²) in [5.41, 5.74) is 3.15. The molecule has 3 amide bonds. The Kier molecular flexibility index (Phi) is 5.60. The van der Waals surface area contributed by atoms with E-state index in [4.69, 9.17) is 4.74 Å². The number of benzene rings is 2. The Morgan fingerprint density at radius 3 is 2.56 bits per heavy atom. The summed E-state index contributed by atoms with van der Waals surface area (Å²) in [7, 11) is 3.90. The molecule has 0 spiro atoms. The van der Waals surface area contributed by atoms with Gasteiger partial charge in [0.1, 0.15) is 17.3 Å². The Morgan fingerprint density at radius 1 is 1.12 bits per heavy atom. The molecule has 1 N–H and O–H groups in total. The van der Waals surface area contributed by atoms with Crippen LogP contribution in [0, 0.1) is 0 Å². The zero-order chi connectivity index (χ0) is 24.0. The third-order valence-corrected chi connectivity index (χ3v) is 7.23. The van der Waals surface area contributed by atoms with Gasteiger partial charge in [-0.2, -0.15) is 0 Å². The fourth-order valence-electron chi connectivity index (χ4n) is 5.52. The number of carbonyl (C=O) groups is 2. The van der Waals surface area contributed by atoms with Crippen LogP contribution in [0.25, 0.3) is 10.9 Å². The summed E-state index contributed by atoms with van der Waals surface area (Å²) in [5.74, 6) is 0.714. The van der Waals surface area contributed by atoms with Crippen LogP contribution in [0.3, 0.4) is 0 Å². The lowest BCUT2D eigenvalue weighted by Gasteiger charge is -2.44. The van der Waals surface area contributed by atoms with Gasteiger partial charge in [0.25, 0.3) is 5.91 Å². The number of fused-ring (bicyclic) bond motifs is 4. The first kappa shape index (κ1) is 22.5. The van der Waals surface area contributed by atoms with Crippen LogP contribution in [0.15, 0.2) is 48.5 Å². The van der Waals surface area contributed by atoms with E-state index in [2.05, 4.69) is 11.1 Å². The third kappa shape index (κ3) is 3.29. The minimum Gasteiger partial charge on any atom is -0.494 e. The zero-order valence-electron chi connectivity index (χ0n) is 20.3. The van der Waals surface area contributed by atoms with Gasteiger partial charge in [-0.15, -0.1) is 0 Å². The number of likely N-dealkylation sites (N-methyl/N-ethyl adjacent to an activating group) is 1. The Morgan fingerprint density at radius 2 is 1.88 bits per heavy atom. The summed E-state index contributed by atoms with van der Waals surface area (Å²) >= 11 is 0. The lowest BCUT2D eigenvalue weighted by Crippen LogP contribution is -2.55. The number of H-pyrrole nitrogens is 1. The number of hydrogen-bond donors (Lipinski definition) is 1. The molecule has 5 rings (SSSR count). The van der Waals surface area contributed by atoms with E-state index in [1.807, 2.05) is 80.2 Å². The number of nitrogens with one attached hydrogen (secondary N) is 1. The first-order valence-electron chi connectivity index (χ1n) is 12.0. The smallest absolute Gasteiger partial charge is 0.328 e.